The molecule has 1 aromatic carbocycles. The summed E-state index contributed by atoms with van der Waals surface area (Å²) in [5, 5.41) is 3.05. The first-order valence-electron chi connectivity index (χ1n) is 12.6. The van der Waals surface area contributed by atoms with Gasteiger partial charge in [-0.05, 0) is 51.1 Å². The lowest BCUT2D eigenvalue weighted by molar-refractivity contribution is -0.141. The van der Waals surface area contributed by atoms with E-state index < -0.39 is 0 Å². The molecule has 2 aromatic rings. The van der Waals surface area contributed by atoms with Crippen molar-refractivity contribution in [1.82, 2.24) is 19.8 Å². The summed E-state index contributed by atoms with van der Waals surface area (Å²) in [6.07, 6.45) is 11.9. The molecule has 3 atom stereocenters. The van der Waals surface area contributed by atoms with Crippen LogP contribution in [0.4, 0.5) is 0 Å². The highest BCUT2D eigenvalue weighted by Crippen LogP contribution is 2.38. The normalized spacial score (nSPS) is 21.2. The van der Waals surface area contributed by atoms with Gasteiger partial charge in [0.2, 0.25) is 5.91 Å². The standard InChI is InChI=1S/C27H38N4O2/c1-20(28-2)26(32)16-23(22-12-7-4-8-13-22)27(33)31-15-9-14-25(31)24-18-30(19-29-24)17-21-10-5-3-6-11-21/h3,5-6,10-11,18-20,22-23,25,28H,4,7-9,12-17H2,1-2H3/t20-,23-,25-/m0/s1. The number of aromatic nitrogens is 2. The van der Waals surface area contributed by atoms with Crippen molar-refractivity contribution >= 4 is 11.7 Å². The zero-order valence-corrected chi connectivity index (χ0v) is 20.1. The minimum absolute atomic E-state index is 0.0115. The van der Waals surface area contributed by atoms with Gasteiger partial charge >= 0.3 is 0 Å². The number of hydrogen-bond donors (Lipinski definition) is 1. The maximum absolute atomic E-state index is 13.9. The number of imidazole rings is 1. The summed E-state index contributed by atoms with van der Waals surface area (Å²) >= 11 is 0. The van der Waals surface area contributed by atoms with Crippen LogP contribution in [-0.2, 0) is 16.1 Å². The van der Waals surface area contributed by atoms with Crippen LogP contribution in [0.25, 0.3) is 0 Å². The Hall–Kier alpha value is -2.47. The fourth-order valence-electron chi connectivity index (χ4n) is 5.53. The van der Waals surface area contributed by atoms with E-state index in [0.717, 1.165) is 57.3 Å². The number of benzene rings is 1. The van der Waals surface area contributed by atoms with Gasteiger partial charge in [-0.25, -0.2) is 4.98 Å². The van der Waals surface area contributed by atoms with E-state index in [1.807, 2.05) is 43.4 Å². The molecule has 0 spiro atoms. The molecule has 1 N–H and O–H groups in total. The predicted octanol–water partition coefficient (Wildman–Crippen LogP) is 4.36. The Bertz CT molecular complexity index is 919. The quantitative estimate of drug-likeness (QED) is 0.616. The molecule has 1 saturated carbocycles. The summed E-state index contributed by atoms with van der Waals surface area (Å²) in [4.78, 5) is 33.4. The summed E-state index contributed by atoms with van der Waals surface area (Å²) in [5.41, 5.74) is 2.20. The average Bonchev–Trinajstić information content (AvgIpc) is 3.52. The fourth-order valence-corrected chi connectivity index (χ4v) is 5.53. The Morgan fingerprint density at radius 3 is 2.58 bits per heavy atom. The third-order valence-electron chi connectivity index (χ3n) is 7.61. The van der Waals surface area contributed by atoms with Crippen molar-refractivity contribution < 1.29 is 9.59 Å². The van der Waals surface area contributed by atoms with Crippen LogP contribution in [0.2, 0.25) is 0 Å². The van der Waals surface area contributed by atoms with E-state index in [2.05, 4.69) is 28.2 Å². The first-order valence-corrected chi connectivity index (χ1v) is 12.6. The summed E-state index contributed by atoms with van der Waals surface area (Å²) in [6.45, 7) is 3.42. The van der Waals surface area contributed by atoms with Crippen molar-refractivity contribution in [2.75, 3.05) is 13.6 Å². The summed E-state index contributed by atoms with van der Waals surface area (Å²) in [6, 6.07) is 10.1. The second-order valence-corrected chi connectivity index (χ2v) is 9.83. The van der Waals surface area contributed by atoms with Gasteiger partial charge in [-0.15, -0.1) is 0 Å². The lowest BCUT2D eigenvalue weighted by Crippen LogP contribution is -2.42. The topological polar surface area (TPSA) is 67.2 Å². The third-order valence-corrected chi connectivity index (χ3v) is 7.61. The fraction of sp³-hybridized carbons (Fsp3) is 0.593. The average molecular weight is 451 g/mol. The molecule has 1 aliphatic carbocycles. The van der Waals surface area contributed by atoms with Gasteiger partial charge in [-0.2, -0.15) is 0 Å². The molecule has 0 radical (unpaired) electrons. The maximum Gasteiger partial charge on any atom is 0.226 e. The molecule has 1 aliphatic heterocycles. The Morgan fingerprint density at radius 1 is 1.09 bits per heavy atom. The number of carbonyl (C=O) groups excluding carboxylic acids is 2. The van der Waals surface area contributed by atoms with Crippen molar-refractivity contribution in [3.8, 4) is 0 Å². The minimum atomic E-state index is -0.216. The zero-order chi connectivity index (χ0) is 23.2. The van der Waals surface area contributed by atoms with Gasteiger partial charge in [0.15, 0.2) is 0 Å². The Kier molecular flexibility index (Phi) is 7.97. The number of hydrogen-bond acceptors (Lipinski definition) is 4. The van der Waals surface area contributed by atoms with E-state index in [-0.39, 0.29) is 29.7 Å². The number of likely N-dealkylation sites (tertiary alicyclic amines) is 1. The van der Waals surface area contributed by atoms with Gasteiger partial charge < -0.3 is 14.8 Å². The highest BCUT2D eigenvalue weighted by molar-refractivity contribution is 5.90. The largest absolute Gasteiger partial charge is 0.334 e. The van der Waals surface area contributed by atoms with Crippen molar-refractivity contribution in [3.05, 3.63) is 54.1 Å². The van der Waals surface area contributed by atoms with Crippen LogP contribution in [0.15, 0.2) is 42.9 Å². The molecule has 33 heavy (non-hydrogen) atoms. The molecular formula is C27H38N4O2. The number of nitrogens with zero attached hydrogens (tertiary/aromatic N) is 3. The van der Waals surface area contributed by atoms with E-state index >= 15 is 0 Å². The summed E-state index contributed by atoms with van der Waals surface area (Å²) in [5.74, 6) is 0.416. The maximum atomic E-state index is 13.9. The first-order chi connectivity index (χ1) is 16.1. The van der Waals surface area contributed by atoms with Crippen LogP contribution in [0.5, 0.6) is 0 Å². The Morgan fingerprint density at radius 2 is 1.85 bits per heavy atom. The number of rotatable bonds is 9. The highest BCUT2D eigenvalue weighted by atomic mass is 16.2. The van der Waals surface area contributed by atoms with E-state index in [0.29, 0.717) is 12.3 Å². The molecule has 178 valence electrons. The van der Waals surface area contributed by atoms with Crippen molar-refractivity contribution in [1.29, 1.82) is 0 Å². The van der Waals surface area contributed by atoms with Crippen molar-refractivity contribution in [3.63, 3.8) is 0 Å². The van der Waals surface area contributed by atoms with Crippen LogP contribution >= 0.6 is 0 Å². The van der Waals surface area contributed by atoms with Gasteiger partial charge in [-0.3, -0.25) is 9.59 Å². The van der Waals surface area contributed by atoms with E-state index in [9.17, 15) is 9.59 Å². The van der Waals surface area contributed by atoms with Gasteiger partial charge in [0.1, 0.15) is 5.78 Å². The molecule has 2 fully saturated rings. The van der Waals surface area contributed by atoms with Gasteiger partial charge in [0, 0.05) is 31.6 Å². The van der Waals surface area contributed by atoms with Crippen molar-refractivity contribution in [2.45, 2.75) is 76.9 Å². The molecular weight excluding hydrogens is 412 g/mol. The second-order valence-electron chi connectivity index (χ2n) is 9.83. The molecule has 1 aromatic heterocycles. The molecule has 2 heterocycles. The van der Waals surface area contributed by atoms with Crippen molar-refractivity contribution in [2.24, 2.45) is 11.8 Å². The summed E-state index contributed by atoms with van der Waals surface area (Å²) < 4.78 is 2.10. The van der Waals surface area contributed by atoms with Gasteiger partial charge in [0.05, 0.1) is 24.1 Å². The Labute approximate surface area is 197 Å². The minimum Gasteiger partial charge on any atom is -0.334 e. The van der Waals surface area contributed by atoms with Crippen LogP contribution in [-0.4, -0.2) is 45.8 Å². The highest BCUT2D eigenvalue weighted by Gasteiger charge is 2.39. The number of Topliss-reactive ketones (excluding diaryl/α,β-unsaturated/α-hetero) is 1. The van der Waals surface area contributed by atoms with E-state index in [1.165, 1.54) is 12.0 Å². The molecule has 1 amide bonds. The molecule has 6 nitrogen and oxygen atoms in total. The van der Waals surface area contributed by atoms with Crippen LogP contribution in [0, 0.1) is 11.8 Å². The van der Waals surface area contributed by atoms with Crippen LogP contribution in [0.3, 0.4) is 0 Å². The smallest absolute Gasteiger partial charge is 0.226 e. The molecule has 0 bridgehead atoms. The monoisotopic (exact) mass is 450 g/mol. The van der Waals surface area contributed by atoms with E-state index in [1.54, 1.807) is 0 Å². The molecule has 4 rings (SSSR count). The molecule has 1 saturated heterocycles. The van der Waals surface area contributed by atoms with Crippen LogP contribution < -0.4 is 5.32 Å². The predicted molar refractivity (Wildman–Crippen MR) is 130 cm³/mol. The molecule has 6 heteroatoms. The van der Waals surface area contributed by atoms with E-state index in [4.69, 9.17) is 4.98 Å². The molecule has 2 aliphatic rings. The molecule has 0 unspecified atom stereocenters. The lowest BCUT2D eigenvalue weighted by Gasteiger charge is -2.34. The Balaban J connectivity index is 1.50. The number of carbonyl (C=O) groups is 2. The van der Waals surface area contributed by atoms with Gasteiger partial charge in [0.25, 0.3) is 0 Å². The first kappa shape index (κ1) is 23.7. The number of nitrogens with one attached hydrogen (secondary N) is 1. The number of ketones is 1. The van der Waals surface area contributed by atoms with Gasteiger partial charge in [-0.1, -0.05) is 49.6 Å². The summed E-state index contributed by atoms with van der Waals surface area (Å²) in [7, 11) is 1.81. The second kappa shape index (κ2) is 11.1. The van der Waals surface area contributed by atoms with Crippen LogP contribution in [0.1, 0.15) is 75.6 Å². The number of likely N-dealkylation sites (N-methyl/N-ethyl adjacent to an activating group) is 1. The third kappa shape index (κ3) is 5.72. The zero-order valence-electron chi connectivity index (χ0n) is 20.1. The SMILES string of the molecule is CN[C@@H](C)C(=O)C[C@H](C(=O)N1CCC[C@H]1c1cn(Cc2ccccc2)cn1)C1CCCCC1. The lowest BCUT2D eigenvalue weighted by atomic mass is 9.76. The number of amides is 1.